The van der Waals surface area contributed by atoms with E-state index in [-0.39, 0.29) is 5.91 Å². The molecule has 4 rings (SSSR count). The first-order valence-corrected chi connectivity index (χ1v) is 9.05. The molecule has 0 spiro atoms. The van der Waals surface area contributed by atoms with Crippen molar-refractivity contribution in [3.05, 3.63) is 60.7 Å². The summed E-state index contributed by atoms with van der Waals surface area (Å²) in [7, 11) is 0. The molecule has 0 radical (unpaired) electrons. The largest absolute Gasteiger partial charge is 0.325 e. The summed E-state index contributed by atoms with van der Waals surface area (Å²) in [6.07, 6.45) is 5.51. The number of aromatic nitrogens is 1. The first kappa shape index (κ1) is 15.8. The van der Waals surface area contributed by atoms with Gasteiger partial charge in [0.05, 0.1) is 16.9 Å². The molecule has 1 saturated carbocycles. The first-order chi connectivity index (χ1) is 12.3. The van der Waals surface area contributed by atoms with Crippen molar-refractivity contribution in [3.63, 3.8) is 0 Å². The molecule has 1 aromatic heterocycles. The van der Waals surface area contributed by atoms with Crippen LogP contribution in [0.5, 0.6) is 0 Å². The summed E-state index contributed by atoms with van der Waals surface area (Å²) in [6.45, 7) is 0. The normalized spacial score (nSPS) is 14.7. The zero-order valence-corrected chi connectivity index (χ0v) is 14.2. The van der Waals surface area contributed by atoms with Crippen LogP contribution in [0.15, 0.2) is 60.7 Å². The number of amides is 1. The number of rotatable bonds is 4. The van der Waals surface area contributed by atoms with Crippen LogP contribution in [0.4, 0.5) is 5.69 Å². The quantitative estimate of drug-likeness (QED) is 0.694. The predicted octanol–water partition coefficient (Wildman–Crippen LogP) is 5.42. The zero-order valence-electron chi connectivity index (χ0n) is 14.2. The molecule has 2 aromatic carbocycles. The van der Waals surface area contributed by atoms with Crippen LogP contribution in [0.3, 0.4) is 0 Å². The van der Waals surface area contributed by atoms with Gasteiger partial charge in [-0.05, 0) is 37.0 Å². The van der Waals surface area contributed by atoms with Gasteiger partial charge in [0, 0.05) is 17.4 Å². The third-order valence-electron chi connectivity index (χ3n) is 5.02. The molecule has 0 saturated heterocycles. The maximum atomic E-state index is 12.4. The minimum atomic E-state index is 0.111. The number of pyridine rings is 1. The molecule has 1 N–H and O–H groups in total. The molecule has 1 aliphatic carbocycles. The number of para-hydroxylation sites is 2. The van der Waals surface area contributed by atoms with Crippen molar-refractivity contribution in [2.24, 2.45) is 5.92 Å². The second kappa shape index (κ2) is 7.06. The molecular formula is C22H22N2O. The lowest BCUT2D eigenvalue weighted by molar-refractivity contribution is -0.117. The molecule has 3 heteroatoms. The standard InChI is InChI=1S/C22H22N2O/c25-22(15-16-7-1-2-8-16)24-20-12-6-4-10-18(20)21-14-13-17-9-3-5-11-19(17)23-21/h3-6,9-14,16H,1-2,7-8,15H2,(H,24,25). The van der Waals surface area contributed by atoms with Crippen LogP contribution in [0.2, 0.25) is 0 Å². The van der Waals surface area contributed by atoms with Crippen LogP contribution in [0.25, 0.3) is 22.2 Å². The highest BCUT2D eigenvalue weighted by molar-refractivity contribution is 5.95. The van der Waals surface area contributed by atoms with Crippen molar-refractivity contribution in [3.8, 4) is 11.3 Å². The van der Waals surface area contributed by atoms with Crippen LogP contribution in [0, 0.1) is 5.92 Å². The van der Waals surface area contributed by atoms with Gasteiger partial charge in [-0.25, -0.2) is 4.98 Å². The van der Waals surface area contributed by atoms with E-state index < -0.39 is 0 Å². The minimum Gasteiger partial charge on any atom is -0.325 e. The van der Waals surface area contributed by atoms with E-state index in [1.54, 1.807) is 0 Å². The number of nitrogens with zero attached hydrogens (tertiary/aromatic N) is 1. The lowest BCUT2D eigenvalue weighted by Crippen LogP contribution is -2.15. The molecule has 0 aliphatic heterocycles. The van der Waals surface area contributed by atoms with Crippen LogP contribution in [-0.2, 0) is 4.79 Å². The van der Waals surface area contributed by atoms with E-state index in [1.165, 1.54) is 25.7 Å². The lowest BCUT2D eigenvalue weighted by Gasteiger charge is -2.13. The van der Waals surface area contributed by atoms with Crippen LogP contribution < -0.4 is 5.32 Å². The number of nitrogens with one attached hydrogen (secondary N) is 1. The summed E-state index contributed by atoms with van der Waals surface area (Å²) in [5.74, 6) is 0.658. The molecule has 3 nitrogen and oxygen atoms in total. The van der Waals surface area contributed by atoms with Gasteiger partial charge >= 0.3 is 0 Å². The molecule has 25 heavy (non-hydrogen) atoms. The van der Waals surface area contributed by atoms with Crippen LogP contribution in [0.1, 0.15) is 32.1 Å². The van der Waals surface area contributed by atoms with Crippen molar-refractivity contribution in [2.75, 3.05) is 5.32 Å². The molecule has 1 amide bonds. The fourth-order valence-electron chi connectivity index (χ4n) is 3.71. The average Bonchev–Trinajstić information content (AvgIpc) is 3.14. The molecule has 0 unspecified atom stereocenters. The monoisotopic (exact) mass is 330 g/mol. The highest BCUT2D eigenvalue weighted by atomic mass is 16.1. The van der Waals surface area contributed by atoms with E-state index in [1.807, 2.05) is 48.5 Å². The molecular weight excluding hydrogens is 308 g/mol. The topological polar surface area (TPSA) is 42.0 Å². The van der Waals surface area contributed by atoms with Gasteiger partial charge in [0.15, 0.2) is 0 Å². The van der Waals surface area contributed by atoms with Crippen molar-refractivity contribution in [1.82, 2.24) is 4.98 Å². The maximum Gasteiger partial charge on any atom is 0.224 e. The zero-order chi connectivity index (χ0) is 17.1. The second-order valence-electron chi connectivity index (χ2n) is 6.84. The van der Waals surface area contributed by atoms with E-state index in [4.69, 9.17) is 4.98 Å². The summed E-state index contributed by atoms with van der Waals surface area (Å²) in [4.78, 5) is 17.2. The number of hydrogen-bond donors (Lipinski definition) is 1. The van der Waals surface area contributed by atoms with Crippen molar-refractivity contribution in [1.29, 1.82) is 0 Å². The number of carbonyl (C=O) groups is 1. The Hall–Kier alpha value is -2.68. The average molecular weight is 330 g/mol. The summed E-state index contributed by atoms with van der Waals surface area (Å²) in [6, 6.07) is 20.1. The third-order valence-corrected chi connectivity index (χ3v) is 5.02. The minimum absolute atomic E-state index is 0.111. The number of hydrogen-bond acceptors (Lipinski definition) is 2. The third kappa shape index (κ3) is 3.55. The molecule has 1 fully saturated rings. The molecule has 1 heterocycles. The second-order valence-corrected chi connectivity index (χ2v) is 6.84. The van der Waals surface area contributed by atoms with Gasteiger partial charge in [-0.15, -0.1) is 0 Å². The molecule has 0 atom stereocenters. The summed E-state index contributed by atoms with van der Waals surface area (Å²) >= 11 is 0. The Morgan fingerprint density at radius 1 is 0.960 bits per heavy atom. The summed E-state index contributed by atoms with van der Waals surface area (Å²) < 4.78 is 0. The smallest absolute Gasteiger partial charge is 0.224 e. The van der Waals surface area contributed by atoms with Gasteiger partial charge in [-0.1, -0.05) is 55.3 Å². The Balaban J connectivity index is 1.60. The summed E-state index contributed by atoms with van der Waals surface area (Å²) in [5.41, 5.74) is 3.66. The fourth-order valence-corrected chi connectivity index (χ4v) is 3.71. The van der Waals surface area contributed by atoms with E-state index >= 15 is 0 Å². The van der Waals surface area contributed by atoms with E-state index in [0.717, 1.165) is 27.8 Å². The van der Waals surface area contributed by atoms with Crippen LogP contribution >= 0.6 is 0 Å². The summed E-state index contributed by atoms with van der Waals surface area (Å²) in [5, 5.41) is 4.22. The Labute approximate surface area is 148 Å². The highest BCUT2D eigenvalue weighted by Gasteiger charge is 2.19. The fraction of sp³-hybridized carbons (Fsp3) is 0.273. The Bertz CT molecular complexity index is 897. The molecule has 126 valence electrons. The van der Waals surface area contributed by atoms with Crippen LogP contribution in [-0.4, -0.2) is 10.9 Å². The Kier molecular flexibility index (Phi) is 4.47. The number of carbonyl (C=O) groups excluding carboxylic acids is 1. The van der Waals surface area contributed by atoms with Crippen molar-refractivity contribution < 1.29 is 4.79 Å². The number of benzene rings is 2. The van der Waals surface area contributed by atoms with Crippen molar-refractivity contribution >= 4 is 22.5 Å². The Morgan fingerprint density at radius 3 is 2.60 bits per heavy atom. The molecule has 0 bridgehead atoms. The van der Waals surface area contributed by atoms with E-state index in [9.17, 15) is 4.79 Å². The Morgan fingerprint density at radius 2 is 1.72 bits per heavy atom. The van der Waals surface area contributed by atoms with Gasteiger partial charge in [-0.3, -0.25) is 4.79 Å². The van der Waals surface area contributed by atoms with Gasteiger partial charge in [0.2, 0.25) is 5.91 Å². The predicted molar refractivity (Wildman–Crippen MR) is 102 cm³/mol. The van der Waals surface area contributed by atoms with E-state index in [0.29, 0.717) is 12.3 Å². The SMILES string of the molecule is O=C(CC1CCCC1)Nc1ccccc1-c1ccc2ccccc2n1. The van der Waals surface area contributed by atoms with Gasteiger partial charge in [0.1, 0.15) is 0 Å². The van der Waals surface area contributed by atoms with Gasteiger partial charge in [0.25, 0.3) is 0 Å². The maximum absolute atomic E-state index is 12.4. The number of anilines is 1. The first-order valence-electron chi connectivity index (χ1n) is 9.05. The lowest BCUT2D eigenvalue weighted by atomic mass is 10.0. The molecule has 3 aromatic rings. The van der Waals surface area contributed by atoms with E-state index in [2.05, 4.69) is 17.4 Å². The van der Waals surface area contributed by atoms with Gasteiger partial charge in [-0.2, -0.15) is 0 Å². The molecule has 1 aliphatic rings. The van der Waals surface area contributed by atoms with Gasteiger partial charge < -0.3 is 5.32 Å². The van der Waals surface area contributed by atoms with Crippen molar-refractivity contribution in [2.45, 2.75) is 32.1 Å². The highest BCUT2D eigenvalue weighted by Crippen LogP contribution is 2.30. The number of fused-ring (bicyclic) bond motifs is 1.